The molecule has 0 saturated carbocycles. The predicted octanol–water partition coefficient (Wildman–Crippen LogP) is 3.17. The standard InChI is InChI=1S/C12H13ClN2/c1-2-10-8-14-15(9-10)12-6-4-3-5-11(12)7-13/h3-6,8-9H,2,7H2,1H3. The third-order valence-electron chi connectivity index (χ3n) is 2.43. The summed E-state index contributed by atoms with van der Waals surface area (Å²) in [5.41, 5.74) is 3.40. The summed E-state index contributed by atoms with van der Waals surface area (Å²) in [5.74, 6) is 0.511. The summed E-state index contributed by atoms with van der Waals surface area (Å²) < 4.78 is 1.89. The molecular formula is C12H13ClN2. The minimum absolute atomic E-state index is 0.511. The lowest BCUT2D eigenvalue weighted by molar-refractivity contribution is 0.870. The lowest BCUT2D eigenvalue weighted by Gasteiger charge is -2.05. The molecular weight excluding hydrogens is 208 g/mol. The molecule has 0 aliphatic rings. The van der Waals surface area contributed by atoms with Gasteiger partial charge >= 0.3 is 0 Å². The third-order valence-corrected chi connectivity index (χ3v) is 2.71. The number of aromatic nitrogens is 2. The Morgan fingerprint density at radius 3 is 2.80 bits per heavy atom. The number of hydrogen-bond acceptors (Lipinski definition) is 1. The molecule has 3 heteroatoms. The molecule has 1 aromatic heterocycles. The number of alkyl halides is 1. The summed E-state index contributed by atoms with van der Waals surface area (Å²) in [6.07, 6.45) is 4.94. The molecule has 0 aliphatic carbocycles. The average Bonchev–Trinajstić information content (AvgIpc) is 2.77. The fourth-order valence-electron chi connectivity index (χ4n) is 1.52. The summed E-state index contributed by atoms with van der Waals surface area (Å²) in [6, 6.07) is 8.05. The van der Waals surface area contributed by atoms with Crippen LogP contribution < -0.4 is 0 Å². The second-order valence-electron chi connectivity index (χ2n) is 3.41. The van der Waals surface area contributed by atoms with Gasteiger partial charge in [-0.15, -0.1) is 11.6 Å². The Morgan fingerprint density at radius 1 is 1.33 bits per heavy atom. The fourth-order valence-corrected chi connectivity index (χ4v) is 1.75. The van der Waals surface area contributed by atoms with Gasteiger partial charge in [-0.3, -0.25) is 0 Å². The number of aryl methyl sites for hydroxylation is 1. The molecule has 0 bridgehead atoms. The van der Waals surface area contributed by atoms with E-state index in [9.17, 15) is 0 Å². The van der Waals surface area contributed by atoms with Crippen LogP contribution in [0.4, 0.5) is 0 Å². The zero-order chi connectivity index (χ0) is 10.7. The number of rotatable bonds is 3. The molecule has 0 spiro atoms. The molecule has 2 nitrogen and oxygen atoms in total. The Balaban J connectivity index is 2.44. The fraction of sp³-hybridized carbons (Fsp3) is 0.250. The van der Waals surface area contributed by atoms with Crippen LogP contribution in [0.2, 0.25) is 0 Å². The maximum atomic E-state index is 5.88. The van der Waals surface area contributed by atoms with Crippen molar-refractivity contribution in [3.63, 3.8) is 0 Å². The average molecular weight is 221 g/mol. The van der Waals surface area contributed by atoms with E-state index < -0.39 is 0 Å². The Hall–Kier alpha value is -1.28. The number of para-hydroxylation sites is 1. The first-order chi connectivity index (χ1) is 7.35. The van der Waals surface area contributed by atoms with Crippen LogP contribution in [0.25, 0.3) is 5.69 Å². The van der Waals surface area contributed by atoms with Crippen molar-refractivity contribution in [3.05, 3.63) is 47.8 Å². The van der Waals surface area contributed by atoms with E-state index in [2.05, 4.69) is 12.0 Å². The van der Waals surface area contributed by atoms with Crippen LogP contribution in [0.1, 0.15) is 18.1 Å². The van der Waals surface area contributed by atoms with E-state index in [1.807, 2.05) is 41.3 Å². The Bertz CT molecular complexity index is 448. The number of benzene rings is 1. The number of hydrogen-bond donors (Lipinski definition) is 0. The first-order valence-electron chi connectivity index (χ1n) is 5.03. The van der Waals surface area contributed by atoms with Crippen LogP contribution >= 0.6 is 11.6 Å². The topological polar surface area (TPSA) is 17.8 Å². The summed E-state index contributed by atoms with van der Waals surface area (Å²) in [6.45, 7) is 2.12. The minimum atomic E-state index is 0.511. The highest BCUT2D eigenvalue weighted by atomic mass is 35.5. The molecule has 0 aliphatic heterocycles. The van der Waals surface area contributed by atoms with Crippen LogP contribution in [-0.2, 0) is 12.3 Å². The molecule has 0 amide bonds. The van der Waals surface area contributed by atoms with E-state index in [1.54, 1.807) is 0 Å². The monoisotopic (exact) mass is 220 g/mol. The summed E-state index contributed by atoms with van der Waals surface area (Å²) in [7, 11) is 0. The van der Waals surface area contributed by atoms with Crippen LogP contribution in [0.15, 0.2) is 36.7 Å². The molecule has 2 rings (SSSR count). The molecule has 2 aromatic rings. The van der Waals surface area contributed by atoms with E-state index >= 15 is 0 Å². The summed E-state index contributed by atoms with van der Waals surface area (Å²) in [5, 5.41) is 4.32. The van der Waals surface area contributed by atoms with E-state index in [0.29, 0.717) is 5.88 Å². The normalized spacial score (nSPS) is 10.5. The van der Waals surface area contributed by atoms with Crippen molar-refractivity contribution in [1.29, 1.82) is 0 Å². The van der Waals surface area contributed by atoms with Crippen molar-refractivity contribution in [2.24, 2.45) is 0 Å². The van der Waals surface area contributed by atoms with Gasteiger partial charge in [0.05, 0.1) is 11.9 Å². The van der Waals surface area contributed by atoms with Gasteiger partial charge in [-0.05, 0) is 23.6 Å². The first-order valence-corrected chi connectivity index (χ1v) is 5.56. The summed E-state index contributed by atoms with van der Waals surface area (Å²) in [4.78, 5) is 0. The lowest BCUT2D eigenvalue weighted by Crippen LogP contribution is -1.98. The third kappa shape index (κ3) is 2.05. The maximum absolute atomic E-state index is 5.88. The van der Waals surface area contributed by atoms with Gasteiger partial charge in [0.2, 0.25) is 0 Å². The number of nitrogens with zero attached hydrogens (tertiary/aromatic N) is 2. The van der Waals surface area contributed by atoms with Crippen molar-refractivity contribution in [2.45, 2.75) is 19.2 Å². The minimum Gasteiger partial charge on any atom is -0.240 e. The SMILES string of the molecule is CCc1cnn(-c2ccccc2CCl)c1. The van der Waals surface area contributed by atoms with Gasteiger partial charge in [-0.1, -0.05) is 25.1 Å². The van der Waals surface area contributed by atoms with Gasteiger partial charge in [0.15, 0.2) is 0 Å². The van der Waals surface area contributed by atoms with Gasteiger partial charge in [0, 0.05) is 12.1 Å². The van der Waals surface area contributed by atoms with E-state index in [1.165, 1.54) is 5.56 Å². The summed E-state index contributed by atoms with van der Waals surface area (Å²) >= 11 is 5.88. The Kier molecular flexibility index (Phi) is 3.07. The molecule has 1 aromatic carbocycles. The van der Waals surface area contributed by atoms with E-state index in [4.69, 9.17) is 11.6 Å². The molecule has 1 heterocycles. The molecule has 15 heavy (non-hydrogen) atoms. The van der Waals surface area contributed by atoms with Crippen molar-refractivity contribution in [1.82, 2.24) is 9.78 Å². The van der Waals surface area contributed by atoms with Crippen molar-refractivity contribution in [3.8, 4) is 5.69 Å². The van der Waals surface area contributed by atoms with Gasteiger partial charge in [0.1, 0.15) is 0 Å². The van der Waals surface area contributed by atoms with E-state index in [-0.39, 0.29) is 0 Å². The Morgan fingerprint density at radius 2 is 2.13 bits per heavy atom. The molecule has 0 unspecified atom stereocenters. The predicted molar refractivity (Wildman–Crippen MR) is 62.5 cm³/mol. The van der Waals surface area contributed by atoms with Gasteiger partial charge < -0.3 is 0 Å². The molecule has 0 fully saturated rings. The molecule has 0 N–H and O–H groups in total. The zero-order valence-corrected chi connectivity index (χ0v) is 9.41. The van der Waals surface area contributed by atoms with Crippen molar-refractivity contribution >= 4 is 11.6 Å². The highest BCUT2D eigenvalue weighted by Gasteiger charge is 2.04. The van der Waals surface area contributed by atoms with Crippen LogP contribution in [0, 0.1) is 0 Å². The van der Waals surface area contributed by atoms with Gasteiger partial charge in [-0.2, -0.15) is 5.10 Å². The van der Waals surface area contributed by atoms with Gasteiger partial charge in [0.25, 0.3) is 0 Å². The lowest BCUT2D eigenvalue weighted by atomic mass is 10.2. The van der Waals surface area contributed by atoms with Gasteiger partial charge in [-0.25, -0.2) is 4.68 Å². The molecule has 78 valence electrons. The maximum Gasteiger partial charge on any atom is 0.0689 e. The zero-order valence-electron chi connectivity index (χ0n) is 8.65. The second kappa shape index (κ2) is 4.49. The number of halogens is 1. The van der Waals surface area contributed by atoms with Crippen LogP contribution in [0.5, 0.6) is 0 Å². The van der Waals surface area contributed by atoms with Crippen LogP contribution in [-0.4, -0.2) is 9.78 Å². The van der Waals surface area contributed by atoms with Crippen LogP contribution in [0.3, 0.4) is 0 Å². The highest BCUT2D eigenvalue weighted by molar-refractivity contribution is 6.17. The largest absolute Gasteiger partial charge is 0.240 e. The second-order valence-corrected chi connectivity index (χ2v) is 3.68. The van der Waals surface area contributed by atoms with Crippen molar-refractivity contribution < 1.29 is 0 Å². The molecule has 0 radical (unpaired) electrons. The highest BCUT2D eigenvalue weighted by Crippen LogP contribution is 2.16. The first kappa shape index (κ1) is 10.2. The Labute approximate surface area is 94.5 Å². The quantitative estimate of drug-likeness (QED) is 0.727. The van der Waals surface area contributed by atoms with Crippen molar-refractivity contribution in [2.75, 3.05) is 0 Å². The van der Waals surface area contributed by atoms with E-state index in [0.717, 1.165) is 17.7 Å². The smallest absolute Gasteiger partial charge is 0.0689 e. The molecule has 0 saturated heterocycles. The molecule has 0 atom stereocenters.